The molecule has 3 rings (SSSR count). The molecule has 2 saturated heterocycles. The first kappa shape index (κ1) is 18.8. The van der Waals surface area contributed by atoms with Gasteiger partial charge < -0.3 is 10.6 Å². The second-order valence-corrected chi connectivity index (χ2v) is 7.34. The van der Waals surface area contributed by atoms with E-state index in [0.717, 1.165) is 12.8 Å². The molecule has 2 N–H and O–H groups in total. The minimum absolute atomic E-state index is 0. The molecule has 2 aliphatic heterocycles. The number of nitrogens with one attached hydrogen (secondary N) is 2. The number of alkyl halides is 3. The molecule has 0 aromatic carbocycles. The molecule has 3 fully saturated rings. The lowest BCUT2D eigenvalue weighted by molar-refractivity contribution is -0.182. The molecule has 2 unspecified atom stereocenters. The summed E-state index contributed by atoms with van der Waals surface area (Å²) in [4.78, 5) is 12.1. The quantitative estimate of drug-likeness (QED) is 0.813. The maximum atomic E-state index is 12.6. The standard InChI is InChI=1S/C16H25F3N2O.ClH/c17-16(18,19)11-1-3-12(4-2-11)21-15(22)9-10-7-13-5-6-14(8-10)20-13;/h10-14,20H,1-9H2,(H,21,22);1H. The van der Waals surface area contributed by atoms with E-state index in [2.05, 4.69) is 10.6 Å². The zero-order chi connectivity index (χ0) is 15.7. The average molecular weight is 355 g/mol. The number of rotatable bonds is 3. The Kier molecular flexibility index (Phi) is 6.22. The van der Waals surface area contributed by atoms with Gasteiger partial charge in [0.15, 0.2) is 0 Å². The van der Waals surface area contributed by atoms with Crippen molar-refractivity contribution in [1.82, 2.24) is 10.6 Å². The lowest BCUT2D eigenvalue weighted by atomic mass is 9.85. The third kappa shape index (κ3) is 4.99. The summed E-state index contributed by atoms with van der Waals surface area (Å²) in [6.07, 6.45) is 2.19. The summed E-state index contributed by atoms with van der Waals surface area (Å²) in [5.74, 6) is -0.715. The van der Waals surface area contributed by atoms with Crippen molar-refractivity contribution < 1.29 is 18.0 Å². The Morgan fingerprint density at radius 2 is 1.57 bits per heavy atom. The van der Waals surface area contributed by atoms with Gasteiger partial charge in [-0.2, -0.15) is 13.2 Å². The largest absolute Gasteiger partial charge is 0.391 e. The maximum Gasteiger partial charge on any atom is 0.391 e. The van der Waals surface area contributed by atoms with E-state index in [-0.39, 0.29) is 37.2 Å². The van der Waals surface area contributed by atoms with E-state index in [1.165, 1.54) is 12.8 Å². The highest BCUT2D eigenvalue weighted by Gasteiger charge is 2.41. The minimum Gasteiger partial charge on any atom is -0.353 e. The third-order valence-electron chi connectivity index (χ3n) is 5.60. The number of hydrogen-bond acceptors (Lipinski definition) is 2. The summed E-state index contributed by atoms with van der Waals surface area (Å²) in [5.41, 5.74) is 0. The van der Waals surface area contributed by atoms with Gasteiger partial charge in [0.25, 0.3) is 0 Å². The van der Waals surface area contributed by atoms with Gasteiger partial charge in [-0.1, -0.05) is 0 Å². The van der Waals surface area contributed by atoms with Crippen LogP contribution in [0.25, 0.3) is 0 Å². The summed E-state index contributed by atoms with van der Waals surface area (Å²) >= 11 is 0. The molecular weight excluding hydrogens is 329 g/mol. The van der Waals surface area contributed by atoms with E-state index in [1.807, 2.05) is 0 Å². The van der Waals surface area contributed by atoms with Crippen LogP contribution in [0, 0.1) is 11.8 Å². The van der Waals surface area contributed by atoms with Gasteiger partial charge in [0, 0.05) is 24.5 Å². The van der Waals surface area contributed by atoms with Crippen LogP contribution in [0.3, 0.4) is 0 Å². The van der Waals surface area contributed by atoms with Crippen LogP contribution < -0.4 is 10.6 Å². The van der Waals surface area contributed by atoms with E-state index in [4.69, 9.17) is 0 Å². The Hall–Kier alpha value is -0.490. The van der Waals surface area contributed by atoms with Crippen LogP contribution in [0.4, 0.5) is 13.2 Å². The van der Waals surface area contributed by atoms with E-state index in [9.17, 15) is 18.0 Å². The Bertz CT molecular complexity index is 399. The van der Waals surface area contributed by atoms with Crippen molar-refractivity contribution in [2.45, 2.75) is 82.1 Å². The maximum absolute atomic E-state index is 12.6. The lowest BCUT2D eigenvalue weighted by Crippen LogP contribution is -2.43. The topological polar surface area (TPSA) is 41.1 Å². The van der Waals surface area contributed by atoms with Crippen LogP contribution in [0.5, 0.6) is 0 Å². The highest BCUT2D eigenvalue weighted by atomic mass is 35.5. The number of amides is 1. The summed E-state index contributed by atoms with van der Waals surface area (Å²) in [5, 5.41) is 6.52. The predicted octanol–water partition coefficient (Wildman–Crippen LogP) is 3.57. The zero-order valence-corrected chi connectivity index (χ0v) is 14.0. The first-order chi connectivity index (χ1) is 10.4. The molecule has 2 atom stereocenters. The van der Waals surface area contributed by atoms with Gasteiger partial charge in [0.05, 0.1) is 5.92 Å². The molecule has 3 aliphatic rings. The molecule has 1 amide bonds. The molecule has 1 saturated carbocycles. The number of carbonyl (C=O) groups excluding carboxylic acids is 1. The molecular formula is C16H26ClF3N2O. The van der Waals surface area contributed by atoms with Crippen LogP contribution >= 0.6 is 12.4 Å². The smallest absolute Gasteiger partial charge is 0.353 e. The fourth-order valence-corrected chi connectivity index (χ4v) is 4.46. The normalized spacial score (nSPS) is 37.1. The molecule has 0 aromatic rings. The average Bonchev–Trinajstić information content (AvgIpc) is 2.77. The van der Waals surface area contributed by atoms with E-state index < -0.39 is 12.1 Å². The van der Waals surface area contributed by atoms with Gasteiger partial charge in [-0.05, 0) is 57.3 Å². The van der Waals surface area contributed by atoms with Crippen molar-refractivity contribution >= 4 is 18.3 Å². The fourth-order valence-electron chi connectivity index (χ4n) is 4.46. The van der Waals surface area contributed by atoms with Crippen LogP contribution in [-0.2, 0) is 4.79 Å². The molecule has 3 nitrogen and oxygen atoms in total. The molecule has 7 heteroatoms. The molecule has 0 spiro atoms. The van der Waals surface area contributed by atoms with Gasteiger partial charge in [0.1, 0.15) is 0 Å². The van der Waals surface area contributed by atoms with Crippen molar-refractivity contribution in [2.24, 2.45) is 11.8 Å². The molecule has 0 radical (unpaired) electrons. The number of piperidine rings is 1. The van der Waals surface area contributed by atoms with Gasteiger partial charge in [-0.15, -0.1) is 12.4 Å². The van der Waals surface area contributed by atoms with E-state index in [1.54, 1.807) is 0 Å². The molecule has 134 valence electrons. The predicted molar refractivity (Wildman–Crippen MR) is 84.5 cm³/mol. The Morgan fingerprint density at radius 1 is 1.00 bits per heavy atom. The fraction of sp³-hybridized carbons (Fsp3) is 0.938. The van der Waals surface area contributed by atoms with E-state index in [0.29, 0.717) is 37.3 Å². The number of hydrogen-bond donors (Lipinski definition) is 2. The summed E-state index contributed by atoms with van der Waals surface area (Å²) in [6.45, 7) is 0. The van der Waals surface area contributed by atoms with Crippen LogP contribution in [-0.4, -0.2) is 30.2 Å². The van der Waals surface area contributed by atoms with E-state index >= 15 is 0 Å². The highest BCUT2D eigenvalue weighted by Crippen LogP contribution is 2.37. The van der Waals surface area contributed by atoms with Gasteiger partial charge in [-0.3, -0.25) is 4.79 Å². The monoisotopic (exact) mass is 354 g/mol. The van der Waals surface area contributed by atoms with Gasteiger partial charge >= 0.3 is 6.18 Å². The third-order valence-corrected chi connectivity index (χ3v) is 5.60. The van der Waals surface area contributed by atoms with Crippen molar-refractivity contribution in [3.8, 4) is 0 Å². The Morgan fingerprint density at radius 3 is 2.09 bits per heavy atom. The van der Waals surface area contributed by atoms with Crippen LogP contribution in [0.2, 0.25) is 0 Å². The van der Waals surface area contributed by atoms with Crippen molar-refractivity contribution in [1.29, 1.82) is 0 Å². The van der Waals surface area contributed by atoms with Gasteiger partial charge in [-0.25, -0.2) is 0 Å². The number of carbonyl (C=O) groups is 1. The Balaban J connectivity index is 0.00000192. The number of halogens is 4. The lowest BCUT2D eigenvalue weighted by Gasteiger charge is -2.32. The second-order valence-electron chi connectivity index (χ2n) is 7.34. The number of fused-ring (bicyclic) bond motifs is 2. The first-order valence-electron chi connectivity index (χ1n) is 8.52. The zero-order valence-electron chi connectivity index (χ0n) is 13.2. The molecule has 0 aromatic heterocycles. The Labute approximate surface area is 141 Å². The minimum atomic E-state index is -4.08. The SMILES string of the molecule is Cl.O=C(CC1CC2CCC(C1)N2)NC1CCC(C(F)(F)F)CC1. The summed E-state index contributed by atoms with van der Waals surface area (Å²) in [7, 11) is 0. The van der Waals surface area contributed by atoms with Crippen LogP contribution in [0.1, 0.15) is 57.8 Å². The first-order valence-corrected chi connectivity index (χ1v) is 8.52. The molecule has 23 heavy (non-hydrogen) atoms. The highest BCUT2D eigenvalue weighted by molar-refractivity contribution is 5.85. The summed E-state index contributed by atoms with van der Waals surface area (Å²) < 4.78 is 37.9. The van der Waals surface area contributed by atoms with Crippen LogP contribution in [0.15, 0.2) is 0 Å². The van der Waals surface area contributed by atoms with Crippen molar-refractivity contribution in [2.75, 3.05) is 0 Å². The summed E-state index contributed by atoms with van der Waals surface area (Å²) in [6, 6.07) is 1.07. The molecule has 2 heterocycles. The molecule has 1 aliphatic carbocycles. The van der Waals surface area contributed by atoms with Crippen molar-refractivity contribution in [3.63, 3.8) is 0 Å². The van der Waals surface area contributed by atoms with Crippen molar-refractivity contribution in [3.05, 3.63) is 0 Å². The van der Waals surface area contributed by atoms with Gasteiger partial charge in [0.2, 0.25) is 5.91 Å². The molecule has 2 bridgehead atoms. The second kappa shape index (κ2) is 7.60.